The van der Waals surface area contributed by atoms with E-state index in [4.69, 9.17) is 9.47 Å². The van der Waals surface area contributed by atoms with Crippen LogP contribution < -0.4 is 9.47 Å². The Morgan fingerprint density at radius 2 is 1.75 bits per heavy atom. The maximum absolute atomic E-state index is 11.9. The van der Waals surface area contributed by atoms with Gasteiger partial charge in [-0.15, -0.1) is 0 Å². The third-order valence-corrected chi connectivity index (χ3v) is 3.56. The number of carbonyl (C=O) groups is 1. The Labute approximate surface area is 140 Å². The summed E-state index contributed by atoms with van der Waals surface area (Å²) in [6.45, 7) is 5.69. The highest BCUT2D eigenvalue weighted by molar-refractivity contribution is 5.72. The van der Waals surface area contributed by atoms with Crippen LogP contribution in [0.4, 0.5) is 5.69 Å². The first kappa shape index (κ1) is 17.5. The predicted molar refractivity (Wildman–Crippen MR) is 89.5 cm³/mol. The Morgan fingerprint density at radius 3 is 2.33 bits per heavy atom. The minimum atomic E-state index is -0.473. The molecule has 2 aromatic rings. The predicted octanol–water partition coefficient (Wildman–Crippen LogP) is 3.89. The van der Waals surface area contributed by atoms with Gasteiger partial charge in [0, 0.05) is 11.6 Å². The van der Waals surface area contributed by atoms with Crippen molar-refractivity contribution in [3.05, 3.63) is 63.2 Å². The van der Waals surface area contributed by atoms with Crippen molar-refractivity contribution in [2.24, 2.45) is 0 Å². The van der Waals surface area contributed by atoms with E-state index >= 15 is 0 Å². The average Bonchev–Trinajstić information content (AvgIpc) is 2.50. The Morgan fingerprint density at radius 1 is 1.08 bits per heavy atom. The van der Waals surface area contributed by atoms with E-state index < -0.39 is 10.9 Å². The Bertz CT molecular complexity index is 750. The molecule has 0 N–H and O–H groups in total. The molecule has 2 rings (SSSR count). The standard InChI is InChI=1S/C18H19NO5/c1-12-5-4-6-13(2)18(12)23-10-9-17(20)24-15-7-8-16(19(21)22)14(3)11-15/h4-8,11H,9-10H2,1-3H3. The number of nitro benzene ring substituents is 1. The van der Waals surface area contributed by atoms with Crippen LogP contribution in [-0.2, 0) is 4.79 Å². The van der Waals surface area contributed by atoms with E-state index in [1.807, 2.05) is 32.0 Å². The molecule has 0 saturated carbocycles. The van der Waals surface area contributed by atoms with Gasteiger partial charge in [0.25, 0.3) is 5.69 Å². The number of rotatable bonds is 6. The average molecular weight is 329 g/mol. The summed E-state index contributed by atoms with van der Waals surface area (Å²) < 4.78 is 10.8. The van der Waals surface area contributed by atoms with Gasteiger partial charge < -0.3 is 9.47 Å². The summed E-state index contributed by atoms with van der Waals surface area (Å²) in [7, 11) is 0. The van der Waals surface area contributed by atoms with Crippen LogP contribution in [-0.4, -0.2) is 17.5 Å². The molecule has 0 atom stereocenters. The van der Waals surface area contributed by atoms with Gasteiger partial charge in [0.2, 0.25) is 0 Å². The number of hydrogen-bond donors (Lipinski definition) is 0. The molecule has 0 aliphatic rings. The number of aryl methyl sites for hydroxylation is 3. The zero-order valence-corrected chi connectivity index (χ0v) is 13.9. The summed E-state index contributed by atoms with van der Waals surface area (Å²) in [5.41, 5.74) is 2.45. The van der Waals surface area contributed by atoms with E-state index in [0.717, 1.165) is 16.9 Å². The molecule has 0 saturated heterocycles. The van der Waals surface area contributed by atoms with Crippen LogP contribution in [0.5, 0.6) is 11.5 Å². The zero-order chi connectivity index (χ0) is 17.7. The molecule has 0 amide bonds. The molecule has 0 fully saturated rings. The molecule has 0 unspecified atom stereocenters. The second-order valence-electron chi connectivity index (χ2n) is 5.50. The van der Waals surface area contributed by atoms with Gasteiger partial charge in [0.15, 0.2) is 0 Å². The van der Waals surface area contributed by atoms with Gasteiger partial charge >= 0.3 is 5.97 Å². The van der Waals surface area contributed by atoms with Crippen molar-refractivity contribution in [1.82, 2.24) is 0 Å². The number of ether oxygens (including phenoxy) is 2. The molecule has 24 heavy (non-hydrogen) atoms. The van der Waals surface area contributed by atoms with Gasteiger partial charge in [0.05, 0.1) is 18.0 Å². The highest BCUT2D eigenvalue weighted by Crippen LogP contribution is 2.24. The first-order chi connectivity index (χ1) is 11.4. The molecule has 0 bridgehead atoms. The minimum absolute atomic E-state index is 0.00633. The van der Waals surface area contributed by atoms with Crippen molar-refractivity contribution in [2.75, 3.05) is 6.61 Å². The normalized spacial score (nSPS) is 10.3. The van der Waals surface area contributed by atoms with E-state index in [1.165, 1.54) is 18.2 Å². The molecule has 0 aliphatic carbocycles. The zero-order valence-electron chi connectivity index (χ0n) is 13.9. The summed E-state index contributed by atoms with van der Waals surface area (Å²) in [6.07, 6.45) is 0.0871. The van der Waals surface area contributed by atoms with E-state index in [9.17, 15) is 14.9 Å². The molecular formula is C18H19NO5. The molecular weight excluding hydrogens is 310 g/mol. The third kappa shape index (κ3) is 4.32. The van der Waals surface area contributed by atoms with Crippen LogP contribution in [0.15, 0.2) is 36.4 Å². The lowest BCUT2D eigenvalue weighted by atomic mass is 10.1. The smallest absolute Gasteiger partial charge is 0.314 e. The van der Waals surface area contributed by atoms with E-state index in [2.05, 4.69) is 0 Å². The second-order valence-corrected chi connectivity index (χ2v) is 5.50. The topological polar surface area (TPSA) is 78.7 Å². The quantitative estimate of drug-likeness (QED) is 0.348. The Kier molecular flexibility index (Phi) is 5.52. The molecule has 2 aromatic carbocycles. The summed E-state index contributed by atoms with van der Waals surface area (Å²) in [5.74, 6) is 0.612. The third-order valence-electron chi connectivity index (χ3n) is 3.56. The molecule has 0 aromatic heterocycles. The van der Waals surface area contributed by atoms with Crippen LogP contribution in [0.3, 0.4) is 0 Å². The molecule has 126 valence electrons. The molecule has 0 aliphatic heterocycles. The molecule has 0 radical (unpaired) electrons. The summed E-state index contributed by atoms with van der Waals surface area (Å²) in [5, 5.41) is 10.8. The highest BCUT2D eigenvalue weighted by atomic mass is 16.6. The monoisotopic (exact) mass is 329 g/mol. The maximum Gasteiger partial charge on any atom is 0.314 e. The van der Waals surface area contributed by atoms with Crippen LogP contribution >= 0.6 is 0 Å². The summed E-state index contributed by atoms with van der Waals surface area (Å²) in [6, 6.07) is 10.0. The fraction of sp³-hybridized carbons (Fsp3) is 0.278. The van der Waals surface area contributed by atoms with Gasteiger partial charge in [-0.3, -0.25) is 14.9 Å². The van der Waals surface area contributed by atoms with Gasteiger partial charge in [-0.05, 0) is 44.0 Å². The lowest BCUT2D eigenvalue weighted by Crippen LogP contribution is -2.13. The lowest BCUT2D eigenvalue weighted by molar-refractivity contribution is -0.385. The number of carbonyl (C=O) groups excluding carboxylic acids is 1. The van der Waals surface area contributed by atoms with Crippen LogP contribution in [0, 0.1) is 30.9 Å². The number of hydrogen-bond acceptors (Lipinski definition) is 5. The van der Waals surface area contributed by atoms with Crippen LogP contribution in [0.25, 0.3) is 0 Å². The van der Waals surface area contributed by atoms with Crippen molar-refractivity contribution < 1.29 is 19.2 Å². The number of nitro groups is 1. The van der Waals surface area contributed by atoms with E-state index in [1.54, 1.807) is 6.92 Å². The lowest BCUT2D eigenvalue weighted by Gasteiger charge is -2.11. The van der Waals surface area contributed by atoms with Gasteiger partial charge in [-0.25, -0.2) is 0 Å². The molecule has 0 heterocycles. The van der Waals surface area contributed by atoms with Crippen molar-refractivity contribution in [1.29, 1.82) is 0 Å². The maximum atomic E-state index is 11.9. The molecule has 6 heteroatoms. The van der Waals surface area contributed by atoms with Gasteiger partial charge in [-0.1, -0.05) is 18.2 Å². The molecule has 6 nitrogen and oxygen atoms in total. The van der Waals surface area contributed by atoms with E-state index in [0.29, 0.717) is 5.56 Å². The van der Waals surface area contributed by atoms with Gasteiger partial charge in [-0.2, -0.15) is 0 Å². The van der Waals surface area contributed by atoms with Crippen LogP contribution in [0.2, 0.25) is 0 Å². The number of esters is 1. The highest BCUT2D eigenvalue weighted by Gasteiger charge is 2.13. The van der Waals surface area contributed by atoms with Crippen LogP contribution in [0.1, 0.15) is 23.1 Å². The summed E-state index contributed by atoms with van der Waals surface area (Å²) in [4.78, 5) is 22.2. The van der Waals surface area contributed by atoms with Crippen molar-refractivity contribution in [3.8, 4) is 11.5 Å². The number of benzene rings is 2. The largest absolute Gasteiger partial charge is 0.492 e. The number of para-hydroxylation sites is 1. The first-order valence-corrected chi connectivity index (χ1v) is 7.53. The Balaban J connectivity index is 1.90. The second kappa shape index (κ2) is 7.59. The van der Waals surface area contributed by atoms with Crippen molar-refractivity contribution in [3.63, 3.8) is 0 Å². The van der Waals surface area contributed by atoms with Crippen molar-refractivity contribution >= 4 is 11.7 Å². The van der Waals surface area contributed by atoms with Crippen molar-refractivity contribution in [2.45, 2.75) is 27.2 Å². The van der Waals surface area contributed by atoms with E-state index in [-0.39, 0.29) is 24.5 Å². The first-order valence-electron chi connectivity index (χ1n) is 7.53. The minimum Gasteiger partial charge on any atom is -0.492 e. The fourth-order valence-electron chi connectivity index (χ4n) is 2.34. The fourth-order valence-corrected chi connectivity index (χ4v) is 2.34. The molecule has 0 spiro atoms. The SMILES string of the molecule is Cc1cc(OC(=O)CCOc2c(C)cccc2C)ccc1[N+](=O)[O-]. The summed E-state index contributed by atoms with van der Waals surface area (Å²) >= 11 is 0. The Hall–Kier alpha value is -2.89. The number of nitrogens with zero attached hydrogens (tertiary/aromatic N) is 1. The van der Waals surface area contributed by atoms with Gasteiger partial charge in [0.1, 0.15) is 11.5 Å².